The number of thiophene rings is 1. The van der Waals surface area contributed by atoms with E-state index in [4.69, 9.17) is 0 Å². The average Bonchev–Trinajstić information content (AvgIpc) is 3.12. The molecule has 0 saturated carbocycles. The first-order chi connectivity index (χ1) is 9.83. The lowest BCUT2D eigenvalue weighted by atomic mass is 10.2. The van der Waals surface area contributed by atoms with E-state index in [1.54, 1.807) is 22.0 Å². The predicted octanol–water partition coefficient (Wildman–Crippen LogP) is 2.40. The molecule has 0 aromatic carbocycles. The summed E-state index contributed by atoms with van der Waals surface area (Å²) >= 11 is 1.63. The van der Waals surface area contributed by atoms with Crippen LogP contribution in [0.4, 0.5) is 4.79 Å². The Morgan fingerprint density at radius 1 is 1.20 bits per heavy atom. The van der Waals surface area contributed by atoms with Gasteiger partial charge in [0, 0.05) is 23.2 Å². The summed E-state index contributed by atoms with van der Waals surface area (Å²) in [7, 11) is 0. The van der Waals surface area contributed by atoms with Gasteiger partial charge in [-0.3, -0.25) is 0 Å². The first-order valence-electron chi connectivity index (χ1n) is 6.28. The quantitative estimate of drug-likeness (QED) is 0.773. The topological polar surface area (TPSA) is 58.4 Å². The van der Waals surface area contributed by atoms with Gasteiger partial charge in [0.1, 0.15) is 0 Å². The largest absolute Gasteiger partial charge is 0.334 e. The van der Waals surface area contributed by atoms with Crippen LogP contribution in [0.15, 0.2) is 48.1 Å². The van der Waals surface area contributed by atoms with Crippen molar-refractivity contribution in [3.8, 4) is 0 Å². The molecule has 0 bridgehead atoms. The number of aromatic nitrogens is 2. The predicted molar refractivity (Wildman–Crippen MR) is 78.6 cm³/mol. The summed E-state index contributed by atoms with van der Waals surface area (Å²) in [6, 6.07) is 9.65. The van der Waals surface area contributed by atoms with Crippen LogP contribution in [0.2, 0.25) is 0 Å². The minimum absolute atomic E-state index is 0.173. The van der Waals surface area contributed by atoms with Gasteiger partial charge < -0.3 is 10.6 Å². The Balaban J connectivity index is 1.55. The molecule has 3 heterocycles. The molecule has 0 radical (unpaired) electrons. The van der Waals surface area contributed by atoms with Crippen LogP contribution in [0.3, 0.4) is 0 Å². The minimum atomic E-state index is -0.173. The Kier molecular flexibility index (Phi) is 3.64. The smallest absolute Gasteiger partial charge is 0.315 e. The van der Waals surface area contributed by atoms with Crippen molar-refractivity contribution in [1.29, 1.82) is 0 Å². The number of amides is 2. The molecule has 0 spiro atoms. The van der Waals surface area contributed by atoms with E-state index in [2.05, 4.69) is 15.7 Å². The van der Waals surface area contributed by atoms with Gasteiger partial charge in [0.05, 0.1) is 18.3 Å². The molecule has 102 valence electrons. The maximum absolute atomic E-state index is 11.7. The molecule has 0 aliphatic heterocycles. The summed E-state index contributed by atoms with van der Waals surface area (Å²) in [5, 5.41) is 11.9. The van der Waals surface area contributed by atoms with Crippen LogP contribution in [-0.2, 0) is 13.1 Å². The minimum Gasteiger partial charge on any atom is -0.334 e. The van der Waals surface area contributed by atoms with Crippen LogP contribution >= 0.6 is 11.3 Å². The fourth-order valence-electron chi connectivity index (χ4n) is 1.94. The Morgan fingerprint density at radius 3 is 2.95 bits per heavy atom. The summed E-state index contributed by atoms with van der Waals surface area (Å²) in [5.74, 6) is 0. The van der Waals surface area contributed by atoms with Crippen molar-refractivity contribution in [2.75, 3.05) is 0 Å². The second-order valence-corrected chi connectivity index (χ2v) is 5.35. The average molecular weight is 286 g/mol. The lowest BCUT2D eigenvalue weighted by Gasteiger charge is -2.05. The van der Waals surface area contributed by atoms with Crippen molar-refractivity contribution in [2.45, 2.75) is 13.1 Å². The molecule has 2 N–H and O–H groups in total. The van der Waals surface area contributed by atoms with Crippen molar-refractivity contribution in [3.63, 3.8) is 0 Å². The summed E-state index contributed by atoms with van der Waals surface area (Å²) in [4.78, 5) is 12.9. The summed E-state index contributed by atoms with van der Waals surface area (Å²) in [6.07, 6.45) is 3.66. The van der Waals surface area contributed by atoms with Gasteiger partial charge in [0.25, 0.3) is 0 Å². The first kappa shape index (κ1) is 12.7. The number of pyridine rings is 1. The molecule has 0 fully saturated rings. The first-order valence-corrected chi connectivity index (χ1v) is 7.16. The van der Waals surface area contributed by atoms with Crippen LogP contribution in [0, 0.1) is 0 Å². The number of nitrogens with one attached hydrogen (secondary N) is 2. The van der Waals surface area contributed by atoms with Crippen molar-refractivity contribution in [2.24, 2.45) is 0 Å². The van der Waals surface area contributed by atoms with E-state index < -0.39 is 0 Å². The SMILES string of the molecule is O=C(NCc1cccs1)NCc1cnn2ccccc12. The molecular weight excluding hydrogens is 272 g/mol. The van der Waals surface area contributed by atoms with Crippen molar-refractivity contribution in [3.05, 3.63) is 58.5 Å². The number of rotatable bonds is 4. The van der Waals surface area contributed by atoms with Crippen LogP contribution in [0.1, 0.15) is 10.4 Å². The van der Waals surface area contributed by atoms with E-state index >= 15 is 0 Å². The maximum Gasteiger partial charge on any atom is 0.315 e. The van der Waals surface area contributed by atoms with Crippen LogP contribution in [-0.4, -0.2) is 15.6 Å². The fraction of sp³-hybridized carbons (Fsp3) is 0.143. The number of fused-ring (bicyclic) bond motifs is 1. The third-order valence-corrected chi connectivity index (χ3v) is 3.83. The molecule has 2 amide bonds. The van der Waals surface area contributed by atoms with E-state index in [1.165, 1.54) is 0 Å². The molecule has 3 aromatic heterocycles. The lowest BCUT2D eigenvalue weighted by molar-refractivity contribution is 0.240. The highest BCUT2D eigenvalue weighted by Crippen LogP contribution is 2.09. The van der Waals surface area contributed by atoms with E-state index in [-0.39, 0.29) is 6.03 Å². The molecule has 0 aliphatic carbocycles. The van der Waals surface area contributed by atoms with E-state index in [9.17, 15) is 4.79 Å². The maximum atomic E-state index is 11.7. The molecule has 3 aromatic rings. The highest BCUT2D eigenvalue weighted by Gasteiger charge is 2.05. The number of hydrogen-bond donors (Lipinski definition) is 2. The molecule has 0 atom stereocenters. The zero-order valence-corrected chi connectivity index (χ0v) is 11.6. The molecule has 5 nitrogen and oxygen atoms in total. The zero-order valence-electron chi connectivity index (χ0n) is 10.7. The number of nitrogens with zero attached hydrogens (tertiary/aromatic N) is 2. The molecular formula is C14H14N4OS. The molecule has 0 saturated heterocycles. The van der Waals surface area contributed by atoms with E-state index in [0.29, 0.717) is 13.1 Å². The summed E-state index contributed by atoms with van der Waals surface area (Å²) in [5.41, 5.74) is 2.00. The molecule has 20 heavy (non-hydrogen) atoms. The second-order valence-electron chi connectivity index (χ2n) is 4.32. The van der Waals surface area contributed by atoms with Crippen LogP contribution in [0.5, 0.6) is 0 Å². The molecule has 0 aliphatic rings. The highest BCUT2D eigenvalue weighted by molar-refractivity contribution is 7.09. The highest BCUT2D eigenvalue weighted by atomic mass is 32.1. The number of carbonyl (C=O) groups is 1. The van der Waals surface area contributed by atoms with Gasteiger partial charge in [-0.2, -0.15) is 5.10 Å². The van der Waals surface area contributed by atoms with Gasteiger partial charge >= 0.3 is 6.03 Å². The Hall–Kier alpha value is -2.34. The zero-order chi connectivity index (χ0) is 13.8. The summed E-state index contributed by atoms with van der Waals surface area (Å²) in [6.45, 7) is 1.02. The number of carbonyl (C=O) groups excluding carboxylic acids is 1. The molecule has 0 unspecified atom stereocenters. The third kappa shape index (κ3) is 2.80. The van der Waals surface area contributed by atoms with Gasteiger partial charge in [-0.1, -0.05) is 12.1 Å². The van der Waals surface area contributed by atoms with Crippen LogP contribution < -0.4 is 10.6 Å². The van der Waals surface area contributed by atoms with Gasteiger partial charge in [0.2, 0.25) is 0 Å². The third-order valence-electron chi connectivity index (χ3n) is 2.95. The van der Waals surface area contributed by atoms with E-state index in [1.807, 2.05) is 41.9 Å². The van der Waals surface area contributed by atoms with E-state index in [0.717, 1.165) is 16.0 Å². The Labute approximate surface area is 120 Å². The van der Waals surface area contributed by atoms with Crippen molar-refractivity contribution >= 4 is 22.9 Å². The van der Waals surface area contributed by atoms with Gasteiger partial charge in [-0.15, -0.1) is 11.3 Å². The standard InChI is InChI=1S/C14H14N4OS/c19-14(16-10-12-4-3-7-20-12)15-8-11-9-17-18-6-2-1-5-13(11)18/h1-7,9H,8,10H2,(H2,15,16,19). The van der Waals surface area contributed by atoms with Crippen molar-refractivity contribution in [1.82, 2.24) is 20.2 Å². The monoisotopic (exact) mass is 286 g/mol. The number of urea groups is 1. The normalized spacial score (nSPS) is 10.6. The number of hydrogen-bond acceptors (Lipinski definition) is 3. The Bertz CT molecular complexity index is 705. The molecule has 6 heteroatoms. The van der Waals surface area contributed by atoms with Crippen LogP contribution in [0.25, 0.3) is 5.52 Å². The lowest BCUT2D eigenvalue weighted by Crippen LogP contribution is -2.34. The van der Waals surface area contributed by atoms with Gasteiger partial charge in [0.15, 0.2) is 0 Å². The summed E-state index contributed by atoms with van der Waals surface area (Å²) < 4.78 is 1.79. The van der Waals surface area contributed by atoms with Gasteiger partial charge in [-0.25, -0.2) is 9.31 Å². The fourth-order valence-corrected chi connectivity index (χ4v) is 2.59. The second kappa shape index (κ2) is 5.75. The van der Waals surface area contributed by atoms with Gasteiger partial charge in [-0.05, 0) is 23.6 Å². The molecule has 3 rings (SSSR count). The van der Waals surface area contributed by atoms with Crippen molar-refractivity contribution < 1.29 is 4.79 Å². The Morgan fingerprint density at radius 2 is 2.10 bits per heavy atom.